The van der Waals surface area contributed by atoms with Gasteiger partial charge < -0.3 is 5.32 Å². The van der Waals surface area contributed by atoms with Crippen molar-refractivity contribution in [2.75, 3.05) is 5.32 Å². The van der Waals surface area contributed by atoms with Crippen LogP contribution in [0.25, 0.3) is 16.7 Å². The van der Waals surface area contributed by atoms with Gasteiger partial charge in [-0.2, -0.15) is 4.80 Å². The molecule has 0 saturated carbocycles. The summed E-state index contributed by atoms with van der Waals surface area (Å²) in [6.45, 7) is 8.43. The monoisotopic (exact) mass is 384 g/mol. The lowest BCUT2D eigenvalue weighted by Crippen LogP contribution is -2.14. The van der Waals surface area contributed by atoms with Crippen molar-refractivity contribution in [1.29, 1.82) is 0 Å². The summed E-state index contributed by atoms with van der Waals surface area (Å²) in [5.74, 6) is -0.136. The summed E-state index contributed by atoms with van der Waals surface area (Å²) in [5, 5.41) is 12.1. The van der Waals surface area contributed by atoms with Gasteiger partial charge in [0.25, 0.3) is 5.91 Å². The zero-order chi connectivity index (χ0) is 20.6. The molecule has 0 fully saturated rings. The highest BCUT2D eigenvalue weighted by molar-refractivity contribution is 6.05. The average molecular weight is 384 g/mol. The van der Waals surface area contributed by atoms with Crippen LogP contribution in [0.4, 0.5) is 5.69 Å². The minimum absolute atomic E-state index is 0.0568. The third-order valence-electron chi connectivity index (χ3n) is 4.97. The normalized spacial score (nSPS) is 11.6. The molecule has 0 unspecified atom stereocenters. The number of amides is 1. The maximum Gasteiger partial charge on any atom is 0.255 e. The Kier molecular flexibility index (Phi) is 4.66. The van der Waals surface area contributed by atoms with Crippen molar-refractivity contribution < 1.29 is 4.79 Å². The number of para-hydroxylation sites is 1. The Morgan fingerprint density at radius 3 is 2.14 bits per heavy atom. The van der Waals surface area contributed by atoms with Crippen LogP contribution >= 0.6 is 0 Å². The Balaban J connectivity index is 1.60. The number of benzene rings is 3. The van der Waals surface area contributed by atoms with Crippen molar-refractivity contribution in [2.24, 2.45) is 0 Å². The molecule has 5 heteroatoms. The van der Waals surface area contributed by atoms with Gasteiger partial charge in [-0.3, -0.25) is 4.79 Å². The van der Waals surface area contributed by atoms with Crippen molar-refractivity contribution in [3.63, 3.8) is 0 Å². The molecule has 0 spiro atoms. The lowest BCUT2D eigenvalue weighted by atomic mass is 9.87. The van der Waals surface area contributed by atoms with E-state index in [0.717, 1.165) is 28.0 Å². The zero-order valence-corrected chi connectivity index (χ0v) is 17.1. The molecule has 29 heavy (non-hydrogen) atoms. The highest BCUT2D eigenvalue weighted by Crippen LogP contribution is 2.24. The van der Waals surface area contributed by atoms with Crippen LogP contribution in [0.3, 0.4) is 0 Å². The van der Waals surface area contributed by atoms with Crippen molar-refractivity contribution in [1.82, 2.24) is 15.0 Å². The molecule has 0 bridgehead atoms. The van der Waals surface area contributed by atoms with E-state index in [-0.39, 0.29) is 11.3 Å². The van der Waals surface area contributed by atoms with Crippen LogP contribution in [-0.4, -0.2) is 20.9 Å². The Morgan fingerprint density at radius 2 is 1.52 bits per heavy atom. The number of aryl methyl sites for hydroxylation is 1. The second-order valence-electron chi connectivity index (χ2n) is 8.26. The van der Waals surface area contributed by atoms with Gasteiger partial charge in [-0.15, -0.1) is 10.2 Å². The van der Waals surface area contributed by atoms with Crippen molar-refractivity contribution in [3.05, 3.63) is 83.4 Å². The van der Waals surface area contributed by atoms with E-state index in [9.17, 15) is 4.79 Å². The van der Waals surface area contributed by atoms with Gasteiger partial charge in [0, 0.05) is 11.3 Å². The molecule has 4 aromatic rings. The second-order valence-corrected chi connectivity index (χ2v) is 8.26. The first-order chi connectivity index (χ1) is 13.8. The van der Waals surface area contributed by atoms with Gasteiger partial charge >= 0.3 is 0 Å². The van der Waals surface area contributed by atoms with Crippen molar-refractivity contribution in [2.45, 2.75) is 33.1 Å². The standard InChI is InChI=1S/C24H24N4O/c1-16-14-21-22(27-28(26-21)19-8-6-5-7-9-19)15-20(16)25-23(29)17-10-12-18(13-11-17)24(2,3)4/h5-15H,1-4H3,(H,25,29). The second kappa shape index (κ2) is 7.17. The van der Waals surface area contributed by atoms with Gasteiger partial charge in [0.2, 0.25) is 0 Å². The highest BCUT2D eigenvalue weighted by atomic mass is 16.1. The minimum atomic E-state index is -0.136. The van der Waals surface area contributed by atoms with Crippen LogP contribution in [0.5, 0.6) is 0 Å². The van der Waals surface area contributed by atoms with Gasteiger partial charge in [0.05, 0.1) is 5.69 Å². The maximum atomic E-state index is 12.7. The quantitative estimate of drug-likeness (QED) is 0.523. The molecular weight excluding hydrogens is 360 g/mol. The predicted octanol–water partition coefficient (Wildman–Crippen LogP) is 5.28. The van der Waals surface area contributed by atoms with Gasteiger partial charge in [-0.1, -0.05) is 51.1 Å². The first-order valence-electron chi connectivity index (χ1n) is 9.66. The highest BCUT2D eigenvalue weighted by Gasteiger charge is 2.15. The van der Waals surface area contributed by atoms with Crippen molar-refractivity contribution in [3.8, 4) is 5.69 Å². The van der Waals surface area contributed by atoms with Crippen LogP contribution in [0, 0.1) is 6.92 Å². The first-order valence-corrected chi connectivity index (χ1v) is 9.66. The number of nitrogens with one attached hydrogen (secondary N) is 1. The molecule has 1 heterocycles. The largest absolute Gasteiger partial charge is 0.322 e. The molecule has 0 aliphatic carbocycles. The van der Waals surface area contributed by atoms with E-state index < -0.39 is 0 Å². The molecule has 1 aromatic heterocycles. The van der Waals surface area contributed by atoms with Gasteiger partial charge in [0.15, 0.2) is 0 Å². The summed E-state index contributed by atoms with van der Waals surface area (Å²) in [6, 6.07) is 21.3. The summed E-state index contributed by atoms with van der Waals surface area (Å²) in [7, 11) is 0. The Morgan fingerprint density at radius 1 is 0.897 bits per heavy atom. The van der Waals surface area contributed by atoms with E-state index in [4.69, 9.17) is 0 Å². The van der Waals surface area contributed by atoms with E-state index in [1.807, 2.05) is 73.7 Å². The number of rotatable bonds is 3. The fourth-order valence-corrected chi connectivity index (χ4v) is 3.20. The molecule has 0 saturated heterocycles. The molecule has 0 aliphatic rings. The fraction of sp³-hybridized carbons (Fsp3) is 0.208. The molecule has 1 N–H and O–H groups in total. The molecule has 3 aromatic carbocycles. The lowest BCUT2D eigenvalue weighted by Gasteiger charge is -2.19. The maximum absolute atomic E-state index is 12.7. The summed E-state index contributed by atoms with van der Waals surface area (Å²) >= 11 is 0. The smallest absolute Gasteiger partial charge is 0.255 e. The van der Waals surface area contributed by atoms with E-state index in [2.05, 4.69) is 36.3 Å². The van der Waals surface area contributed by atoms with Gasteiger partial charge in [0.1, 0.15) is 11.0 Å². The Labute approximate surface area is 170 Å². The lowest BCUT2D eigenvalue weighted by molar-refractivity contribution is 0.102. The third kappa shape index (κ3) is 3.90. The molecule has 0 aliphatic heterocycles. The van der Waals surface area contributed by atoms with Crippen LogP contribution in [0.2, 0.25) is 0 Å². The minimum Gasteiger partial charge on any atom is -0.322 e. The number of aromatic nitrogens is 3. The van der Waals surface area contributed by atoms with E-state index in [1.165, 1.54) is 5.56 Å². The van der Waals surface area contributed by atoms with Crippen LogP contribution in [0.15, 0.2) is 66.7 Å². The molecule has 5 nitrogen and oxygen atoms in total. The summed E-state index contributed by atoms with van der Waals surface area (Å²) in [5.41, 5.74) is 5.98. The number of hydrogen-bond donors (Lipinski definition) is 1. The van der Waals surface area contributed by atoms with E-state index in [1.54, 1.807) is 4.80 Å². The summed E-state index contributed by atoms with van der Waals surface area (Å²) in [4.78, 5) is 14.3. The molecule has 4 rings (SSSR count). The Hall–Kier alpha value is -3.47. The first kappa shape index (κ1) is 18.9. The van der Waals surface area contributed by atoms with Crippen LogP contribution in [0.1, 0.15) is 42.3 Å². The third-order valence-corrected chi connectivity index (χ3v) is 4.97. The number of fused-ring (bicyclic) bond motifs is 1. The van der Waals surface area contributed by atoms with Crippen LogP contribution < -0.4 is 5.32 Å². The SMILES string of the molecule is Cc1cc2nn(-c3ccccc3)nc2cc1NC(=O)c1ccc(C(C)(C)C)cc1. The summed E-state index contributed by atoms with van der Waals surface area (Å²) in [6.07, 6.45) is 0. The number of carbonyl (C=O) groups is 1. The summed E-state index contributed by atoms with van der Waals surface area (Å²) < 4.78 is 0. The van der Waals surface area contributed by atoms with E-state index in [0.29, 0.717) is 5.56 Å². The topological polar surface area (TPSA) is 59.8 Å². The molecule has 0 atom stereocenters. The Bertz CT molecular complexity index is 1170. The van der Waals surface area contributed by atoms with Gasteiger partial charge in [-0.25, -0.2) is 0 Å². The van der Waals surface area contributed by atoms with E-state index >= 15 is 0 Å². The fourth-order valence-electron chi connectivity index (χ4n) is 3.20. The number of hydrogen-bond acceptors (Lipinski definition) is 3. The number of carbonyl (C=O) groups excluding carboxylic acids is 1. The zero-order valence-electron chi connectivity index (χ0n) is 17.1. The molecule has 0 radical (unpaired) electrons. The van der Waals surface area contributed by atoms with Crippen molar-refractivity contribution >= 4 is 22.6 Å². The molecule has 146 valence electrons. The predicted molar refractivity (Wildman–Crippen MR) is 117 cm³/mol. The average Bonchev–Trinajstić information content (AvgIpc) is 3.11. The van der Waals surface area contributed by atoms with Crippen LogP contribution in [-0.2, 0) is 5.41 Å². The number of anilines is 1. The molecular formula is C24H24N4O. The number of nitrogens with zero attached hydrogens (tertiary/aromatic N) is 3. The van der Waals surface area contributed by atoms with Gasteiger partial charge in [-0.05, 0) is 59.9 Å². The molecule has 1 amide bonds.